The van der Waals surface area contributed by atoms with E-state index >= 15 is 0 Å². The maximum Gasteiger partial charge on any atom is 0.275 e. The molecule has 0 bridgehead atoms. The van der Waals surface area contributed by atoms with Crippen LogP contribution >= 0.6 is 34.8 Å². The Morgan fingerprint density at radius 3 is 2.31 bits per heavy atom. The average Bonchev–Trinajstić information content (AvgIpc) is 3.11. The molecular weight excluding hydrogens is 399 g/mol. The number of anilines is 1. The van der Waals surface area contributed by atoms with Crippen molar-refractivity contribution in [3.8, 4) is 0 Å². The fraction of sp³-hybridized carbons (Fsp3) is 0.0588. The topological polar surface area (TPSA) is 76.9 Å². The average molecular weight is 410 g/mol. The molecule has 1 heterocycles. The molecule has 132 valence electrons. The van der Waals surface area contributed by atoms with Gasteiger partial charge >= 0.3 is 0 Å². The van der Waals surface area contributed by atoms with Crippen molar-refractivity contribution in [1.29, 1.82) is 0 Å². The van der Waals surface area contributed by atoms with Crippen LogP contribution in [0.4, 0.5) is 5.69 Å². The quantitative estimate of drug-likeness (QED) is 0.498. The number of hydrogen-bond donors (Lipinski definition) is 1. The van der Waals surface area contributed by atoms with Crippen LogP contribution in [0.15, 0.2) is 54.7 Å². The van der Waals surface area contributed by atoms with Gasteiger partial charge in [-0.2, -0.15) is 0 Å². The molecule has 1 amide bonds. The molecule has 1 atom stereocenters. The van der Waals surface area contributed by atoms with Gasteiger partial charge in [0, 0.05) is 5.69 Å². The molecule has 1 unspecified atom stereocenters. The number of benzene rings is 2. The lowest BCUT2D eigenvalue weighted by atomic mass is 10.1. The monoisotopic (exact) mass is 408 g/mol. The molecule has 0 aliphatic heterocycles. The number of amides is 1. The molecule has 0 aliphatic rings. The zero-order valence-electron chi connectivity index (χ0n) is 13.1. The molecule has 1 N–H and O–H groups in total. The first-order chi connectivity index (χ1) is 12.5. The van der Waals surface area contributed by atoms with E-state index < -0.39 is 17.2 Å². The van der Waals surface area contributed by atoms with Gasteiger partial charge in [0.1, 0.15) is 5.69 Å². The molecule has 0 spiro atoms. The van der Waals surface area contributed by atoms with E-state index in [0.717, 1.165) is 4.68 Å². The highest BCUT2D eigenvalue weighted by Gasteiger charge is 2.28. The van der Waals surface area contributed by atoms with E-state index in [1.165, 1.54) is 18.3 Å². The van der Waals surface area contributed by atoms with Crippen molar-refractivity contribution in [3.63, 3.8) is 0 Å². The third-order valence-electron chi connectivity index (χ3n) is 3.48. The second kappa shape index (κ2) is 7.86. The summed E-state index contributed by atoms with van der Waals surface area (Å²) in [5, 5.41) is 10.4. The molecule has 6 nitrogen and oxygen atoms in total. The highest BCUT2D eigenvalue weighted by atomic mass is 35.5. The van der Waals surface area contributed by atoms with Crippen LogP contribution in [0, 0.1) is 0 Å². The zero-order chi connectivity index (χ0) is 18.7. The second-order valence-corrected chi connectivity index (χ2v) is 6.41. The first-order valence-electron chi connectivity index (χ1n) is 7.38. The van der Waals surface area contributed by atoms with E-state index in [1.807, 2.05) is 6.07 Å². The molecule has 1 aromatic heterocycles. The summed E-state index contributed by atoms with van der Waals surface area (Å²) in [5.74, 6) is -1.11. The number of nitrogens with one attached hydrogen (secondary N) is 1. The van der Waals surface area contributed by atoms with Crippen molar-refractivity contribution in [2.75, 3.05) is 5.32 Å². The highest BCUT2D eigenvalue weighted by Crippen LogP contribution is 2.30. The Morgan fingerprint density at radius 1 is 1.00 bits per heavy atom. The van der Waals surface area contributed by atoms with E-state index in [4.69, 9.17) is 34.8 Å². The fourth-order valence-electron chi connectivity index (χ4n) is 2.25. The summed E-state index contributed by atoms with van der Waals surface area (Å²) in [6, 6.07) is 13.5. The van der Waals surface area contributed by atoms with Gasteiger partial charge in [0.15, 0.2) is 5.50 Å². The number of hydrogen-bond acceptors (Lipinski definition) is 4. The van der Waals surface area contributed by atoms with Gasteiger partial charge in [0.25, 0.3) is 5.91 Å². The number of carbonyl (C=O) groups excluding carboxylic acids is 2. The highest BCUT2D eigenvalue weighted by molar-refractivity contribution is 6.42. The number of ketones is 1. The summed E-state index contributed by atoms with van der Waals surface area (Å²) < 4.78 is 1.02. The van der Waals surface area contributed by atoms with Crippen LogP contribution in [-0.4, -0.2) is 26.7 Å². The number of para-hydroxylation sites is 1. The van der Waals surface area contributed by atoms with Crippen molar-refractivity contribution in [2.45, 2.75) is 5.50 Å². The number of carbonyl (C=O) groups is 2. The summed E-state index contributed by atoms with van der Waals surface area (Å²) in [7, 11) is 0. The third-order valence-corrected chi connectivity index (χ3v) is 4.49. The molecule has 3 aromatic rings. The number of aromatic nitrogens is 3. The minimum atomic E-state index is -1.34. The summed E-state index contributed by atoms with van der Waals surface area (Å²) in [5.41, 5.74) is -0.686. The molecule has 26 heavy (non-hydrogen) atoms. The standard InChI is InChI=1S/C17H11Cl3N4O2/c18-11-7-4-8-12(19)14(11)15(25)16(20)24-13(9-21-23-24)17(26)22-10-5-2-1-3-6-10/h1-9,16H,(H,22,26). The molecule has 0 fully saturated rings. The molecule has 0 radical (unpaired) electrons. The van der Waals surface area contributed by atoms with E-state index in [2.05, 4.69) is 15.6 Å². The Balaban J connectivity index is 1.88. The van der Waals surface area contributed by atoms with Gasteiger partial charge in [0.05, 0.1) is 21.8 Å². The Labute approximate surface area is 163 Å². The van der Waals surface area contributed by atoms with Crippen molar-refractivity contribution >= 4 is 52.2 Å². The van der Waals surface area contributed by atoms with Crippen LogP contribution in [0.25, 0.3) is 0 Å². The van der Waals surface area contributed by atoms with Crippen LogP contribution in [-0.2, 0) is 0 Å². The summed E-state index contributed by atoms with van der Waals surface area (Å²) in [6.45, 7) is 0. The van der Waals surface area contributed by atoms with Gasteiger partial charge in [-0.05, 0) is 24.3 Å². The van der Waals surface area contributed by atoms with E-state index in [0.29, 0.717) is 5.69 Å². The van der Waals surface area contributed by atoms with Crippen molar-refractivity contribution < 1.29 is 9.59 Å². The number of alkyl halides is 1. The van der Waals surface area contributed by atoms with Crippen molar-refractivity contribution in [1.82, 2.24) is 15.0 Å². The molecule has 0 saturated carbocycles. The first-order valence-corrected chi connectivity index (χ1v) is 8.57. The van der Waals surface area contributed by atoms with Crippen LogP contribution in [0.1, 0.15) is 26.3 Å². The van der Waals surface area contributed by atoms with Gasteiger partial charge in [-0.3, -0.25) is 9.59 Å². The SMILES string of the molecule is O=C(Nc1ccccc1)c1cnnn1C(Cl)C(=O)c1c(Cl)cccc1Cl. The Bertz CT molecular complexity index is 939. The van der Waals surface area contributed by atoms with E-state index in [-0.39, 0.29) is 21.3 Å². The number of nitrogens with zero attached hydrogens (tertiary/aromatic N) is 3. The molecule has 2 aromatic carbocycles. The lowest BCUT2D eigenvalue weighted by Gasteiger charge is -2.13. The van der Waals surface area contributed by atoms with E-state index in [1.54, 1.807) is 30.3 Å². The maximum absolute atomic E-state index is 12.7. The molecule has 9 heteroatoms. The lowest BCUT2D eigenvalue weighted by molar-refractivity contribution is 0.0952. The Kier molecular flexibility index (Phi) is 5.56. The predicted molar refractivity (Wildman–Crippen MR) is 100 cm³/mol. The summed E-state index contributed by atoms with van der Waals surface area (Å²) in [4.78, 5) is 25.2. The predicted octanol–water partition coefficient (Wildman–Crippen LogP) is 4.46. The number of rotatable bonds is 5. The van der Waals surface area contributed by atoms with Gasteiger partial charge in [-0.15, -0.1) is 5.10 Å². The maximum atomic E-state index is 12.7. The van der Waals surface area contributed by atoms with Crippen LogP contribution in [0.3, 0.4) is 0 Å². The number of halogens is 3. The van der Waals surface area contributed by atoms with Crippen LogP contribution in [0.2, 0.25) is 10.0 Å². The largest absolute Gasteiger partial charge is 0.321 e. The molecule has 0 aliphatic carbocycles. The van der Waals surface area contributed by atoms with Crippen LogP contribution < -0.4 is 5.32 Å². The van der Waals surface area contributed by atoms with Gasteiger partial charge in [-0.25, -0.2) is 4.68 Å². The smallest absolute Gasteiger partial charge is 0.275 e. The second-order valence-electron chi connectivity index (χ2n) is 5.18. The molecular formula is C17H11Cl3N4O2. The van der Waals surface area contributed by atoms with Gasteiger partial charge in [0.2, 0.25) is 5.78 Å². The van der Waals surface area contributed by atoms with E-state index in [9.17, 15) is 9.59 Å². The Morgan fingerprint density at radius 2 is 1.65 bits per heavy atom. The van der Waals surface area contributed by atoms with Crippen molar-refractivity contribution in [3.05, 3.63) is 76.0 Å². The number of Topliss-reactive ketones (excluding diaryl/α,β-unsaturated/α-hetero) is 1. The normalized spacial score (nSPS) is 11.8. The third kappa shape index (κ3) is 3.72. The molecule has 3 rings (SSSR count). The fourth-order valence-corrected chi connectivity index (χ4v) is 3.09. The summed E-state index contributed by atoms with van der Waals surface area (Å²) in [6.07, 6.45) is 1.22. The van der Waals surface area contributed by atoms with Crippen LogP contribution in [0.5, 0.6) is 0 Å². The molecule has 0 saturated heterocycles. The van der Waals surface area contributed by atoms with Gasteiger partial charge in [-0.1, -0.05) is 64.3 Å². The zero-order valence-corrected chi connectivity index (χ0v) is 15.3. The summed E-state index contributed by atoms with van der Waals surface area (Å²) >= 11 is 18.3. The van der Waals surface area contributed by atoms with Gasteiger partial charge < -0.3 is 5.32 Å². The lowest BCUT2D eigenvalue weighted by Crippen LogP contribution is -2.23. The Hall–Kier alpha value is -2.41. The first kappa shape index (κ1) is 18.4. The van der Waals surface area contributed by atoms with Crippen molar-refractivity contribution in [2.24, 2.45) is 0 Å². The minimum Gasteiger partial charge on any atom is -0.321 e. The minimum absolute atomic E-state index is 0.0189.